The predicted molar refractivity (Wildman–Crippen MR) is 89.3 cm³/mol. The van der Waals surface area contributed by atoms with E-state index in [0.717, 1.165) is 12.8 Å². The van der Waals surface area contributed by atoms with E-state index in [2.05, 4.69) is 11.7 Å². The maximum Gasteiger partial charge on any atom is 0.337 e. The highest BCUT2D eigenvalue weighted by Gasteiger charge is 2.08. The second-order valence-corrected chi connectivity index (χ2v) is 5.72. The van der Waals surface area contributed by atoms with Crippen molar-refractivity contribution < 1.29 is 14.3 Å². The maximum atomic E-state index is 12.1. The van der Waals surface area contributed by atoms with E-state index in [0.29, 0.717) is 17.5 Å². The number of benzene rings is 1. The van der Waals surface area contributed by atoms with Crippen molar-refractivity contribution in [2.75, 3.05) is 7.11 Å². The molecule has 0 aliphatic heterocycles. The van der Waals surface area contributed by atoms with Crippen LogP contribution in [0.15, 0.2) is 24.3 Å². The Morgan fingerprint density at radius 1 is 0.818 bits per heavy atom. The van der Waals surface area contributed by atoms with E-state index < -0.39 is 0 Å². The molecule has 0 aliphatic carbocycles. The van der Waals surface area contributed by atoms with Crippen LogP contribution in [0.5, 0.6) is 0 Å². The van der Waals surface area contributed by atoms with Gasteiger partial charge < -0.3 is 4.74 Å². The van der Waals surface area contributed by atoms with Crippen molar-refractivity contribution in [3.63, 3.8) is 0 Å². The van der Waals surface area contributed by atoms with E-state index >= 15 is 0 Å². The van der Waals surface area contributed by atoms with Crippen molar-refractivity contribution in [2.24, 2.45) is 0 Å². The number of esters is 1. The Morgan fingerprint density at radius 3 is 1.86 bits per heavy atom. The molecule has 0 saturated heterocycles. The van der Waals surface area contributed by atoms with Crippen molar-refractivity contribution in [2.45, 2.75) is 64.7 Å². The van der Waals surface area contributed by atoms with Crippen LogP contribution in [0.2, 0.25) is 0 Å². The molecule has 122 valence electrons. The summed E-state index contributed by atoms with van der Waals surface area (Å²) in [6.45, 7) is 2.23. The first kappa shape index (κ1) is 18.4. The molecule has 0 amide bonds. The molecule has 0 fully saturated rings. The quantitative estimate of drug-likeness (QED) is 0.321. The zero-order chi connectivity index (χ0) is 16.2. The summed E-state index contributed by atoms with van der Waals surface area (Å²) in [5.74, 6) is -0.218. The monoisotopic (exact) mass is 304 g/mol. The smallest absolute Gasteiger partial charge is 0.337 e. The van der Waals surface area contributed by atoms with Gasteiger partial charge in [-0.25, -0.2) is 4.79 Å². The molecule has 0 N–H and O–H groups in total. The number of methoxy groups -OCH3 is 1. The number of hydrogen-bond acceptors (Lipinski definition) is 3. The van der Waals surface area contributed by atoms with Crippen LogP contribution in [0.25, 0.3) is 0 Å². The normalized spacial score (nSPS) is 10.5. The van der Waals surface area contributed by atoms with E-state index in [9.17, 15) is 9.59 Å². The fourth-order valence-electron chi connectivity index (χ4n) is 2.47. The number of rotatable bonds is 11. The summed E-state index contributed by atoms with van der Waals surface area (Å²) in [6, 6.07) is 6.71. The standard InChI is InChI=1S/C19H28O3/c1-3-4-5-6-7-8-9-10-11-18(20)16-12-14-17(15-13-16)19(21)22-2/h12-15H,3-11H2,1-2H3. The predicted octanol–water partition coefficient (Wildman–Crippen LogP) is 5.19. The molecule has 0 atom stereocenters. The third kappa shape index (κ3) is 6.88. The van der Waals surface area contributed by atoms with E-state index in [1.165, 1.54) is 45.6 Å². The van der Waals surface area contributed by atoms with Gasteiger partial charge in [0.1, 0.15) is 0 Å². The number of ether oxygens (including phenoxy) is 1. The van der Waals surface area contributed by atoms with Crippen LogP contribution in [0.3, 0.4) is 0 Å². The van der Waals surface area contributed by atoms with E-state index in [1.54, 1.807) is 24.3 Å². The van der Waals surface area contributed by atoms with Gasteiger partial charge in [-0.3, -0.25) is 4.79 Å². The Bertz CT molecular complexity index is 448. The van der Waals surface area contributed by atoms with Gasteiger partial charge in [0, 0.05) is 12.0 Å². The SMILES string of the molecule is CCCCCCCCCCC(=O)c1ccc(C(=O)OC)cc1. The molecule has 0 aromatic heterocycles. The van der Waals surface area contributed by atoms with Gasteiger partial charge in [-0.05, 0) is 18.6 Å². The highest BCUT2D eigenvalue weighted by molar-refractivity contribution is 5.97. The van der Waals surface area contributed by atoms with Crippen LogP contribution in [-0.2, 0) is 4.74 Å². The molecule has 0 unspecified atom stereocenters. The van der Waals surface area contributed by atoms with Gasteiger partial charge in [-0.1, -0.05) is 64.0 Å². The topological polar surface area (TPSA) is 43.4 Å². The molecule has 0 radical (unpaired) electrons. The average molecular weight is 304 g/mol. The van der Waals surface area contributed by atoms with Gasteiger partial charge in [0.05, 0.1) is 12.7 Å². The Hall–Kier alpha value is -1.64. The van der Waals surface area contributed by atoms with E-state index in [-0.39, 0.29) is 11.8 Å². The number of unbranched alkanes of at least 4 members (excludes halogenated alkanes) is 7. The Labute approximate surface area is 134 Å². The Kier molecular flexibility index (Phi) is 9.20. The fraction of sp³-hybridized carbons (Fsp3) is 0.579. The molecule has 0 aliphatic rings. The molecule has 1 aromatic rings. The van der Waals surface area contributed by atoms with Crippen LogP contribution < -0.4 is 0 Å². The van der Waals surface area contributed by atoms with Crippen LogP contribution >= 0.6 is 0 Å². The number of hydrogen-bond donors (Lipinski definition) is 0. The van der Waals surface area contributed by atoms with Gasteiger partial charge in [-0.2, -0.15) is 0 Å². The second-order valence-electron chi connectivity index (χ2n) is 5.72. The number of carbonyl (C=O) groups is 2. The van der Waals surface area contributed by atoms with Gasteiger partial charge in [0.25, 0.3) is 0 Å². The minimum Gasteiger partial charge on any atom is -0.465 e. The van der Waals surface area contributed by atoms with Gasteiger partial charge >= 0.3 is 5.97 Å². The molecule has 3 heteroatoms. The molecule has 0 bridgehead atoms. The molecule has 3 nitrogen and oxygen atoms in total. The Balaban J connectivity index is 2.21. The minimum absolute atomic E-state index is 0.155. The summed E-state index contributed by atoms with van der Waals surface area (Å²) in [5, 5.41) is 0. The van der Waals surface area contributed by atoms with E-state index in [4.69, 9.17) is 0 Å². The number of Topliss-reactive ketones (excluding diaryl/α,β-unsaturated/α-hetero) is 1. The van der Waals surface area contributed by atoms with Crippen LogP contribution in [0.1, 0.15) is 85.4 Å². The van der Waals surface area contributed by atoms with Gasteiger partial charge in [0.2, 0.25) is 0 Å². The first-order valence-corrected chi connectivity index (χ1v) is 8.40. The minimum atomic E-state index is -0.373. The summed E-state index contributed by atoms with van der Waals surface area (Å²) in [4.78, 5) is 23.4. The molecule has 1 aromatic carbocycles. The molecule has 0 saturated carbocycles. The first-order valence-electron chi connectivity index (χ1n) is 8.40. The van der Waals surface area contributed by atoms with E-state index in [1.807, 2.05) is 0 Å². The van der Waals surface area contributed by atoms with Crippen LogP contribution in [-0.4, -0.2) is 18.9 Å². The summed E-state index contributed by atoms with van der Waals surface area (Å²) < 4.78 is 4.64. The summed E-state index contributed by atoms with van der Waals surface area (Å²) >= 11 is 0. The molecule has 0 heterocycles. The third-order valence-corrected chi connectivity index (χ3v) is 3.89. The number of ketones is 1. The first-order chi connectivity index (χ1) is 10.7. The van der Waals surface area contributed by atoms with Crippen molar-refractivity contribution in [3.8, 4) is 0 Å². The van der Waals surface area contributed by atoms with Crippen molar-refractivity contribution in [1.29, 1.82) is 0 Å². The summed E-state index contributed by atoms with van der Waals surface area (Å²) in [6.07, 6.45) is 10.4. The molecular formula is C19H28O3. The second kappa shape index (κ2) is 11.0. The third-order valence-electron chi connectivity index (χ3n) is 3.89. The maximum absolute atomic E-state index is 12.1. The lowest BCUT2D eigenvalue weighted by atomic mass is 10.0. The Morgan fingerprint density at radius 2 is 1.32 bits per heavy atom. The zero-order valence-corrected chi connectivity index (χ0v) is 13.9. The van der Waals surface area contributed by atoms with Crippen LogP contribution in [0.4, 0.5) is 0 Å². The molecule has 0 spiro atoms. The van der Waals surface area contributed by atoms with Crippen molar-refractivity contribution in [3.05, 3.63) is 35.4 Å². The molecule has 22 heavy (non-hydrogen) atoms. The average Bonchev–Trinajstić information content (AvgIpc) is 2.56. The van der Waals surface area contributed by atoms with Crippen molar-refractivity contribution >= 4 is 11.8 Å². The zero-order valence-electron chi connectivity index (χ0n) is 13.9. The lowest BCUT2D eigenvalue weighted by Gasteiger charge is -2.04. The van der Waals surface area contributed by atoms with Gasteiger partial charge in [-0.15, -0.1) is 0 Å². The fourth-order valence-corrected chi connectivity index (χ4v) is 2.47. The summed E-state index contributed by atoms with van der Waals surface area (Å²) in [5.41, 5.74) is 1.15. The highest BCUT2D eigenvalue weighted by Crippen LogP contribution is 2.13. The van der Waals surface area contributed by atoms with Crippen LogP contribution in [0, 0.1) is 0 Å². The molecule has 1 rings (SSSR count). The molecular weight excluding hydrogens is 276 g/mol. The number of carbonyl (C=O) groups excluding carboxylic acids is 2. The lowest BCUT2D eigenvalue weighted by molar-refractivity contribution is 0.0600. The van der Waals surface area contributed by atoms with Crippen molar-refractivity contribution in [1.82, 2.24) is 0 Å². The lowest BCUT2D eigenvalue weighted by Crippen LogP contribution is -2.03. The summed E-state index contributed by atoms with van der Waals surface area (Å²) in [7, 11) is 1.35. The van der Waals surface area contributed by atoms with Gasteiger partial charge in [0.15, 0.2) is 5.78 Å². The highest BCUT2D eigenvalue weighted by atomic mass is 16.5. The largest absolute Gasteiger partial charge is 0.465 e.